The van der Waals surface area contributed by atoms with Crippen molar-refractivity contribution in [2.24, 2.45) is 0 Å². The van der Waals surface area contributed by atoms with E-state index in [0.29, 0.717) is 10.8 Å². The number of rotatable bonds is 6. The van der Waals surface area contributed by atoms with Crippen LogP contribution in [0, 0.1) is 24.0 Å². The van der Waals surface area contributed by atoms with E-state index < -0.39 is 4.92 Å². The van der Waals surface area contributed by atoms with Gasteiger partial charge in [-0.25, -0.2) is 4.98 Å². The summed E-state index contributed by atoms with van der Waals surface area (Å²) < 4.78 is 5.59. The molecular formula is C20H19N3O4S. The largest absolute Gasteiger partial charge is 0.480 e. The van der Waals surface area contributed by atoms with E-state index in [2.05, 4.69) is 4.98 Å². The smallest absolute Gasteiger partial charge is 0.310 e. The van der Waals surface area contributed by atoms with E-state index in [0.717, 1.165) is 16.8 Å². The van der Waals surface area contributed by atoms with Crippen LogP contribution in [-0.2, 0) is 11.4 Å². The molecule has 0 radical (unpaired) electrons. The van der Waals surface area contributed by atoms with E-state index in [-0.39, 0.29) is 24.0 Å². The molecule has 0 aliphatic rings. The number of hydrogen-bond donors (Lipinski definition) is 0. The molecule has 28 heavy (non-hydrogen) atoms. The van der Waals surface area contributed by atoms with Crippen molar-refractivity contribution in [1.29, 1.82) is 0 Å². The van der Waals surface area contributed by atoms with E-state index >= 15 is 0 Å². The molecule has 2 aromatic carbocycles. The average molecular weight is 397 g/mol. The van der Waals surface area contributed by atoms with E-state index in [9.17, 15) is 14.9 Å². The molecule has 0 bridgehead atoms. The predicted octanol–water partition coefficient (Wildman–Crippen LogP) is 4.93. The maximum absolute atomic E-state index is 12.3. The summed E-state index contributed by atoms with van der Waals surface area (Å²) in [6.45, 7) is 5.46. The summed E-state index contributed by atoms with van der Waals surface area (Å²) in [6, 6.07) is 12.0. The first kappa shape index (κ1) is 19.5. The molecule has 1 heterocycles. The molecule has 8 heteroatoms. The fourth-order valence-corrected chi connectivity index (χ4v) is 3.75. The van der Waals surface area contributed by atoms with Crippen LogP contribution < -0.4 is 9.64 Å². The molecule has 0 N–H and O–H groups in total. The van der Waals surface area contributed by atoms with Gasteiger partial charge in [0.15, 0.2) is 10.9 Å². The summed E-state index contributed by atoms with van der Waals surface area (Å²) in [5.41, 5.74) is 3.26. The fraction of sp³-hybridized carbons (Fsp3) is 0.200. The molecule has 0 atom stereocenters. The van der Waals surface area contributed by atoms with Gasteiger partial charge in [0.1, 0.15) is 6.61 Å². The minimum atomic E-state index is -0.486. The molecule has 0 aliphatic carbocycles. The van der Waals surface area contributed by atoms with Crippen LogP contribution in [0.4, 0.5) is 16.5 Å². The number of thiazole rings is 1. The number of nitro benzene ring substituents is 1. The third kappa shape index (κ3) is 4.01. The topological polar surface area (TPSA) is 85.6 Å². The Bertz CT molecular complexity index is 1010. The SMILES string of the molecule is CC(=O)N(c1nc(COc2ccccc2[N+](=O)[O-])cs1)c1c(C)cccc1C. The number of anilines is 2. The van der Waals surface area contributed by atoms with Gasteiger partial charge in [0.25, 0.3) is 0 Å². The summed E-state index contributed by atoms with van der Waals surface area (Å²) in [5.74, 6) is 0.0399. The number of aromatic nitrogens is 1. The number of benzene rings is 2. The molecule has 1 amide bonds. The van der Waals surface area contributed by atoms with Crippen molar-refractivity contribution in [3.8, 4) is 5.75 Å². The predicted molar refractivity (Wildman–Crippen MR) is 108 cm³/mol. The third-order valence-corrected chi connectivity index (χ3v) is 5.02. The molecule has 0 aliphatic heterocycles. The number of ether oxygens (including phenoxy) is 1. The molecule has 7 nitrogen and oxygen atoms in total. The van der Waals surface area contributed by atoms with Crippen molar-refractivity contribution >= 4 is 33.8 Å². The van der Waals surface area contributed by atoms with Crippen LogP contribution >= 0.6 is 11.3 Å². The lowest BCUT2D eigenvalue weighted by atomic mass is 10.1. The lowest BCUT2D eigenvalue weighted by Crippen LogP contribution is -2.24. The quantitative estimate of drug-likeness (QED) is 0.435. The number of hydrogen-bond acceptors (Lipinski definition) is 6. The number of para-hydroxylation sites is 3. The molecule has 0 spiro atoms. The minimum Gasteiger partial charge on any atom is -0.480 e. The summed E-state index contributed by atoms with van der Waals surface area (Å²) in [4.78, 5) is 29.0. The number of nitrogens with zero attached hydrogens (tertiary/aromatic N) is 3. The third-order valence-electron chi connectivity index (χ3n) is 4.15. The van der Waals surface area contributed by atoms with Crippen LogP contribution in [0.15, 0.2) is 47.8 Å². The van der Waals surface area contributed by atoms with Crippen molar-refractivity contribution in [1.82, 2.24) is 4.98 Å². The Kier molecular flexibility index (Phi) is 5.70. The van der Waals surface area contributed by atoms with Gasteiger partial charge >= 0.3 is 5.69 Å². The van der Waals surface area contributed by atoms with Crippen molar-refractivity contribution in [2.75, 3.05) is 4.90 Å². The van der Waals surface area contributed by atoms with Crippen molar-refractivity contribution in [2.45, 2.75) is 27.4 Å². The van der Waals surface area contributed by atoms with Crippen LogP contribution in [0.25, 0.3) is 0 Å². The van der Waals surface area contributed by atoms with Crippen molar-refractivity contribution < 1.29 is 14.5 Å². The molecule has 144 valence electrons. The Labute approximate surface area is 166 Å². The number of aryl methyl sites for hydroxylation is 2. The first-order valence-electron chi connectivity index (χ1n) is 8.56. The normalized spacial score (nSPS) is 10.5. The van der Waals surface area contributed by atoms with Crippen molar-refractivity contribution in [3.63, 3.8) is 0 Å². The van der Waals surface area contributed by atoms with Crippen LogP contribution in [0.5, 0.6) is 5.75 Å². The van der Waals surface area contributed by atoms with Crippen LogP contribution in [-0.4, -0.2) is 15.8 Å². The van der Waals surface area contributed by atoms with Gasteiger partial charge in [-0.2, -0.15) is 0 Å². The summed E-state index contributed by atoms with van der Waals surface area (Å²) >= 11 is 1.32. The molecule has 0 fully saturated rings. The molecule has 0 unspecified atom stereocenters. The molecule has 3 aromatic rings. The Morgan fingerprint density at radius 2 is 1.86 bits per heavy atom. The number of amides is 1. The highest BCUT2D eigenvalue weighted by molar-refractivity contribution is 7.14. The highest BCUT2D eigenvalue weighted by atomic mass is 32.1. The first-order valence-corrected chi connectivity index (χ1v) is 9.44. The standard InChI is InChI=1S/C20H19N3O4S/c1-13-7-6-8-14(2)19(13)22(15(3)24)20-21-16(12-28-20)11-27-18-10-5-4-9-17(18)23(25)26/h4-10,12H,11H2,1-3H3. The fourth-order valence-electron chi connectivity index (χ4n) is 2.89. The second-order valence-electron chi connectivity index (χ2n) is 6.23. The van der Waals surface area contributed by atoms with Gasteiger partial charge < -0.3 is 4.74 Å². The zero-order valence-corrected chi connectivity index (χ0v) is 16.5. The van der Waals surface area contributed by atoms with Gasteiger partial charge in [0, 0.05) is 18.4 Å². The maximum atomic E-state index is 12.3. The minimum absolute atomic E-state index is 0.0693. The Hall–Kier alpha value is -3.26. The van der Waals surface area contributed by atoms with Gasteiger partial charge in [-0.05, 0) is 31.0 Å². The Balaban J connectivity index is 1.85. The van der Waals surface area contributed by atoms with Crippen LogP contribution in [0.1, 0.15) is 23.7 Å². The van der Waals surface area contributed by atoms with Gasteiger partial charge in [0.2, 0.25) is 5.91 Å². The highest BCUT2D eigenvalue weighted by Gasteiger charge is 2.22. The van der Waals surface area contributed by atoms with E-state index in [4.69, 9.17) is 4.74 Å². The Morgan fingerprint density at radius 3 is 2.50 bits per heavy atom. The molecule has 1 aromatic heterocycles. The molecule has 3 rings (SSSR count). The lowest BCUT2D eigenvalue weighted by Gasteiger charge is -2.22. The summed E-state index contributed by atoms with van der Waals surface area (Å²) in [6.07, 6.45) is 0. The van der Waals surface area contributed by atoms with Crippen LogP contribution in [0.2, 0.25) is 0 Å². The maximum Gasteiger partial charge on any atom is 0.310 e. The Morgan fingerprint density at radius 1 is 1.18 bits per heavy atom. The lowest BCUT2D eigenvalue weighted by molar-refractivity contribution is -0.385. The average Bonchev–Trinajstić information content (AvgIpc) is 3.11. The number of nitro groups is 1. The monoisotopic (exact) mass is 397 g/mol. The number of carbonyl (C=O) groups excluding carboxylic acids is 1. The zero-order valence-electron chi connectivity index (χ0n) is 15.7. The first-order chi connectivity index (χ1) is 13.4. The second kappa shape index (κ2) is 8.18. The highest BCUT2D eigenvalue weighted by Crippen LogP contribution is 2.34. The molecular weight excluding hydrogens is 378 g/mol. The zero-order chi connectivity index (χ0) is 20.3. The number of carbonyl (C=O) groups is 1. The van der Waals surface area contributed by atoms with Gasteiger partial charge in [-0.3, -0.25) is 19.8 Å². The van der Waals surface area contributed by atoms with E-state index in [1.165, 1.54) is 24.3 Å². The van der Waals surface area contributed by atoms with E-state index in [1.807, 2.05) is 32.0 Å². The molecule has 0 saturated carbocycles. The molecule has 0 saturated heterocycles. The van der Waals surface area contributed by atoms with Crippen molar-refractivity contribution in [3.05, 3.63) is 74.8 Å². The summed E-state index contributed by atoms with van der Waals surface area (Å²) in [5, 5.41) is 13.4. The summed E-state index contributed by atoms with van der Waals surface area (Å²) in [7, 11) is 0. The van der Waals surface area contributed by atoms with Gasteiger partial charge in [-0.1, -0.05) is 30.3 Å². The van der Waals surface area contributed by atoms with Crippen LogP contribution in [0.3, 0.4) is 0 Å². The van der Waals surface area contributed by atoms with E-state index in [1.54, 1.807) is 28.5 Å². The van der Waals surface area contributed by atoms with Gasteiger partial charge in [-0.15, -0.1) is 11.3 Å². The van der Waals surface area contributed by atoms with Gasteiger partial charge in [0.05, 0.1) is 16.3 Å². The second-order valence-corrected chi connectivity index (χ2v) is 7.07.